The van der Waals surface area contributed by atoms with Crippen molar-refractivity contribution in [3.8, 4) is 0 Å². The first kappa shape index (κ1) is 17.4. The SMILES string of the molecule is CC1(C)[C@@H]2C[C@@H]3[C@@H](CCN4C(=O)c5ccccc5C4=O)OCC[C@]3(C2)[C@H]1O. The minimum Gasteiger partial charge on any atom is -0.392 e. The fourth-order valence-corrected chi connectivity index (χ4v) is 6.53. The highest BCUT2D eigenvalue weighted by atomic mass is 16.5. The standard InChI is InChI=1S/C22H27NO4/c1-21(2)13-11-16-17(27-10-8-22(16,12-13)20(21)26)7-9-23-18(24)14-5-3-4-6-15(14)19(23)25/h3-6,13,16-17,20,26H,7-12H2,1-2H3/t13-,16-,17-,20+,22-/m1/s1. The highest BCUT2D eigenvalue weighted by Gasteiger charge is 2.67. The lowest BCUT2D eigenvalue weighted by molar-refractivity contribution is -0.163. The molecule has 5 rings (SSSR count). The monoisotopic (exact) mass is 369 g/mol. The zero-order valence-corrected chi connectivity index (χ0v) is 16.0. The molecule has 2 bridgehead atoms. The van der Waals surface area contributed by atoms with Crippen molar-refractivity contribution in [2.75, 3.05) is 13.2 Å². The summed E-state index contributed by atoms with van der Waals surface area (Å²) < 4.78 is 6.10. The fraction of sp³-hybridized carbons (Fsp3) is 0.636. The molecule has 1 spiro atoms. The first-order valence-corrected chi connectivity index (χ1v) is 10.1. The summed E-state index contributed by atoms with van der Waals surface area (Å²) in [6.07, 6.45) is 3.45. The number of imide groups is 1. The van der Waals surface area contributed by atoms with E-state index in [0.717, 1.165) is 19.3 Å². The summed E-state index contributed by atoms with van der Waals surface area (Å²) in [5, 5.41) is 11.1. The van der Waals surface area contributed by atoms with Gasteiger partial charge in [-0.3, -0.25) is 14.5 Å². The van der Waals surface area contributed by atoms with Gasteiger partial charge >= 0.3 is 0 Å². The van der Waals surface area contributed by atoms with Crippen LogP contribution in [-0.2, 0) is 4.74 Å². The van der Waals surface area contributed by atoms with Crippen LogP contribution in [0.4, 0.5) is 0 Å². The number of ether oxygens (including phenoxy) is 1. The van der Waals surface area contributed by atoms with Crippen molar-refractivity contribution < 1.29 is 19.4 Å². The van der Waals surface area contributed by atoms with Gasteiger partial charge in [-0.1, -0.05) is 26.0 Å². The molecule has 2 saturated carbocycles. The van der Waals surface area contributed by atoms with E-state index in [4.69, 9.17) is 4.74 Å². The minimum absolute atomic E-state index is 0.0128. The molecular weight excluding hydrogens is 342 g/mol. The molecule has 1 saturated heterocycles. The average Bonchev–Trinajstić information content (AvgIpc) is 3.23. The maximum atomic E-state index is 12.6. The third kappa shape index (κ3) is 2.18. The first-order chi connectivity index (χ1) is 12.9. The number of carbonyl (C=O) groups is 2. The molecule has 4 aliphatic rings. The van der Waals surface area contributed by atoms with Crippen molar-refractivity contribution in [3.63, 3.8) is 0 Å². The van der Waals surface area contributed by atoms with E-state index in [2.05, 4.69) is 13.8 Å². The summed E-state index contributed by atoms with van der Waals surface area (Å²) in [4.78, 5) is 26.6. The van der Waals surface area contributed by atoms with Crippen LogP contribution in [0.3, 0.4) is 0 Å². The topological polar surface area (TPSA) is 66.8 Å². The molecule has 2 aliphatic carbocycles. The van der Waals surface area contributed by atoms with Crippen molar-refractivity contribution >= 4 is 11.8 Å². The van der Waals surface area contributed by atoms with E-state index in [-0.39, 0.29) is 34.9 Å². The lowest BCUT2D eigenvalue weighted by Gasteiger charge is -2.51. The maximum Gasteiger partial charge on any atom is 0.261 e. The number of aliphatic hydroxyl groups is 1. The third-order valence-electron chi connectivity index (χ3n) is 8.07. The number of amides is 2. The van der Waals surface area contributed by atoms with Crippen LogP contribution in [-0.4, -0.2) is 47.2 Å². The second kappa shape index (κ2) is 5.65. The summed E-state index contributed by atoms with van der Waals surface area (Å²) in [6, 6.07) is 7.02. The number of carbonyl (C=O) groups excluding carboxylic acids is 2. The number of benzene rings is 1. The molecule has 1 aromatic carbocycles. The summed E-state index contributed by atoms with van der Waals surface area (Å²) in [7, 11) is 0. The minimum atomic E-state index is -0.292. The Hall–Kier alpha value is -1.72. The molecule has 3 fully saturated rings. The van der Waals surface area contributed by atoms with Gasteiger partial charge in [0.15, 0.2) is 0 Å². The van der Waals surface area contributed by atoms with Gasteiger partial charge in [0.1, 0.15) is 0 Å². The second-order valence-electron chi connectivity index (χ2n) is 9.46. The predicted molar refractivity (Wildman–Crippen MR) is 99.2 cm³/mol. The Kier molecular flexibility index (Phi) is 3.63. The molecule has 144 valence electrons. The molecule has 0 unspecified atom stereocenters. The Morgan fingerprint density at radius 3 is 2.48 bits per heavy atom. The molecule has 1 N–H and O–H groups in total. The fourth-order valence-electron chi connectivity index (χ4n) is 6.53. The van der Waals surface area contributed by atoms with E-state index < -0.39 is 0 Å². The highest BCUT2D eigenvalue weighted by Crippen LogP contribution is 2.68. The van der Waals surface area contributed by atoms with E-state index in [1.54, 1.807) is 24.3 Å². The van der Waals surface area contributed by atoms with Crippen LogP contribution in [0.1, 0.15) is 60.2 Å². The van der Waals surface area contributed by atoms with Gasteiger partial charge < -0.3 is 9.84 Å². The zero-order chi connectivity index (χ0) is 19.0. The van der Waals surface area contributed by atoms with Crippen molar-refractivity contribution in [1.82, 2.24) is 4.90 Å². The van der Waals surface area contributed by atoms with Gasteiger partial charge in [-0.05, 0) is 55.1 Å². The Morgan fingerprint density at radius 1 is 1.19 bits per heavy atom. The predicted octanol–water partition coefficient (Wildman–Crippen LogP) is 2.87. The molecule has 0 aromatic heterocycles. The zero-order valence-electron chi connectivity index (χ0n) is 16.0. The molecular formula is C22H27NO4. The van der Waals surface area contributed by atoms with Crippen LogP contribution >= 0.6 is 0 Å². The van der Waals surface area contributed by atoms with Crippen molar-refractivity contribution in [2.45, 2.75) is 51.7 Å². The summed E-state index contributed by atoms with van der Waals surface area (Å²) >= 11 is 0. The largest absolute Gasteiger partial charge is 0.392 e. The maximum absolute atomic E-state index is 12.6. The number of hydrogen-bond acceptors (Lipinski definition) is 4. The number of aliphatic hydroxyl groups excluding tert-OH is 1. The molecule has 5 nitrogen and oxygen atoms in total. The van der Waals surface area contributed by atoms with Gasteiger partial charge in [0.05, 0.1) is 23.3 Å². The number of hydrogen-bond donors (Lipinski definition) is 1. The van der Waals surface area contributed by atoms with E-state index in [0.29, 0.717) is 42.5 Å². The van der Waals surface area contributed by atoms with Crippen LogP contribution < -0.4 is 0 Å². The van der Waals surface area contributed by atoms with E-state index in [9.17, 15) is 14.7 Å². The Bertz CT molecular complexity index is 783. The van der Waals surface area contributed by atoms with E-state index >= 15 is 0 Å². The van der Waals surface area contributed by atoms with Crippen molar-refractivity contribution in [2.24, 2.45) is 22.7 Å². The van der Waals surface area contributed by atoms with Crippen LogP contribution in [0.25, 0.3) is 0 Å². The lowest BCUT2D eigenvalue weighted by atomic mass is 9.60. The van der Waals surface area contributed by atoms with E-state index in [1.165, 1.54) is 4.90 Å². The Labute approximate surface area is 159 Å². The number of nitrogens with zero attached hydrogens (tertiary/aromatic N) is 1. The van der Waals surface area contributed by atoms with Crippen LogP contribution in [0.5, 0.6) is 0 Å². The van der Waals surface area contributed by atoms with Gasteiger partial charge in [0.25, 0.3) is 11.8 Å². The molecule has 2 heterocycles. The number of fused-ring (bicyclic) bond motifs is 2. The molecule has 5 atom stereocenters. The van der Waals surface area contributed by atoms with Gasteiger partial charge in [-0.2, -0.15) is 0 Å². The first-order valence-electron chi connectivity index (χ1n) is 10.1. The van der Waals surface area contributed by atoms with Crippen LogP contribution in [0.15, 0.2) is 24.3 Å². The third-order valence-corrected chi connectivity index (χ3v) is 8.07. The lowest BCUT2D eigenvalue weighted by Crippen LogP contribution is -2.54. The van der Waals surface area contributed by atoms with Gasteiger partial charge in [0, 0.05) is 18.6 Å². The molecule has 27 heavy (non-hydrogen) atoms. The summed E-state index contributed by atoms with van der Waals surface area (Å²) in [6.45, 7) is 5.42. The Morgan fingerprint density at radius 2 is 1.85 bits per heavy atom. The molecule has 1 aromatic rings. The van der Waals surface area contributed by atoms with Crippen molar-refractivity contribution in [1.29, 1.82) is 0 Å². The molecule has 2 aliphatic heterocycles. The smallest absolute Gasteiger partial charge is 0.261 e. The molecule has 5 heteroatoms. The summed E-state index contributed by atoms with van der Waals surface area (Å²) in [5.41, 5.74) is 0.932. The molecule has 0 radical (unpaired) electrons. The van der Waals surface area contributed by atoms with Gasteiger partial charge in [0.2, 0.25) is 0 Å². The van der Waals surface area contributed by atoms with E-state index in [1.807, 2.05) is 0 Å². The van der Waals surface area contributed by atoms with Gasteiger partial charge in [-0.15, -0.1) is 0 Å². The van der Waals surface area contributed by atoms with Gasteiger partial charge in [-0.25, -0.2) is 0 Å². The quantitative estimate of drug-likeness (QED) is 0.832. The van der Waals surface area contributed by atoms with Crippen LogP contribution in [0, 0.1) is 22.7 Å². The van der Waals surface area contributed by atoms with Crippen molar-refractivity contribution in [3.05, 3.63) is 35.4 Å². The Balaban J connectivity index is 1.32. The normalized spacial score (nSPS) is 39.0. The van der Waals surface area contributed by atoms with Crippen LogP contribution in [0.2, 0.25) is 0 Å². The average molecular weight is 369 g/mol. The summed E-state index contributed by atoms with van der Waals surface area (Å²) in [5.74, 6) is 0.459. The number of rotatable bonds is 3. The molecule has 2 amide bonds. The second-order valence-corrected chi connectivity index (χ2v) is 9.46. The highest BCUT2D eigenvalue weighted by molar-refractivity contribution is 6.21.